The van der Waals surface area contributed by atoms with Gasteiger partial charge in [-0.05, 0) is 24.1 Å². The van der Waals surface area contributed by atoms with Crippen molar-refractivity contribution in [3.63, 3.8) is 0 Å². The van der Waals surface area contributed by atoms with E-state index in [1.165, 1.54) is 0 Å². The smallest absolute Gasteiger partial charge is 0.0841 e. The van der Waals surface area contributed by atoms with Crippen LogP contribution in [0.4, 0.5) is 0 Å². The third-order valence-electron chi connectivity index (χ3n) is 2.50. The van der Waals surface area contributed by atoms with Crippen molar-refractivity contribution in [1.82, 2.24) is 4.98 Å². The zero-order valence-corrected chi connectivity index (χ0v) is 9.39. The fourth-order valence-corrected chi connectivity index (χ4v) is 1.64. The molecule has 1 rings (SSSR count). The number of methoxy groups -OCH3 is 1. The highest BCUT2D eigenvalue weighted by molar-refractivity contribution is 5.11. The lowest BCUT2D eigenvalue weighted by atomic mass is 10.0. The van der Waals surface area contributed by atoms with Crippen molar-refractivity contribution in [2.24, 2.45) is 0 Å². The largest absolute Gasteiger partial charge is 0.390 e. The van der Waals surface area contributed by atoms with E-state index in [-0.39, 0.29) is 6.10 Å². The first kappa shape index (κ1) is 12.1. The molecule has 0 aliphatic carbocycles. The van der Waals surface area contributed by atoms with Gasteiger partial charge in [0.1, 0.15) is 0 Å². The summed E-state index contributed by atoms with van der Waals surface area (Å²) in [5.41, 5.74) is 1.09. The Morgan fingerprint density at radius 1 is 1.40 bits per heavy atom. The molecule has 1 heterocycles. The molecule has 15 heavy (non-hydrogen) atoms. The first-order chi connectivity index (χ1) is 7.27. The zero-order chi connectivity index (χ0) is 11.1. The molecule has 1 aromatic heterocycles. The lowest BCUT2D eigenvalue weighted by Crippen LogP contribution is -2.29. The van der Waals surface area contributed by atoms with Crippen molar-refractivity contribution in [3.8, 4) is 0 Å². The maximum atomic E-state index is 9.95. The van der Waals surface area contributed by atoms with Crippen molar-refractivity contribution in [2.75, 3.05) is 7.11 Å². The average molecular weight is 209 g/mol. The second-order valence-corrected chi connectivity index (χ2v) is 3.69. The third kappa shape index (κ3) is 3.98. The second-order valence-electron chi connectivity index (χ2n) is 3.69. The molecule has 3 nitrogen and oxygen atoms in total. The predicted octanol–water partition coefficient (Wildman–Crippen LogP) is 1.80. The lowest BCUT2D eigenvalue weighted by Gasteiger charge is -2.20. The summed E-state index contributed by atoms with van der Waals surface area (Å²) in [5.74, 6) is 0. The van der Waals surface area contributed by atoms with Crippen LogP contribution in [0, 0.1) is 0 Å². The van der Waals surface area contributed by atoms with Gasteiger partial charge in [0.2, 0.25) is 0 Å². The van der Waals surface area contributed by atoms with Gasteiger partial charge in [-0.15, -0.1) is 0 Å². The highest BCUT2D eigenvalue weighted by Gasteiger charge is 2.17. The molecule has 0 radical (unpaired) electrons. The van der Waals surface area contributed by atoms with Crippen LogP contribution in [-0.2, 0) is 11.2 Å². The van der Waals surface area contributed by atoms with E-state index in [4.69, 9.17) is 4.74 Å². The van der Waals surface area contributed by atoms with Crippen LogP contribution < -0.4 is 0 Å². The Kier molecular flexibility index (Phi) is 5.29. The van der Waals surface area contributed by atoms with Crippen LogP contribution in [0.1, 0.15) is 25.3 Å². The van der Waals surface area contributed by atoms with E-state index in [2.05, 4.69) is 11.9 Å². The molecule has 0 saturated carbocycles. The van der Waals surface area contributed by atoms with Crippen LogP contribution in [0.2, 0.25) is 0 Å². The van der Waals surface area contributed by atoms with E-state index < -0.39 is 6.10 Å². The summed E-state index contributed by atoms with van der Waals surface area (Å²) in [4.78, 5) is 3.94. The first-order valence-corrected chi connectivity index (χ1v) is 5.37. The molecule has 0 fully saturated rings. The van der Waals surface area contributed by atoms with Crippen molar-refractivity contribution < 1.29 is 9.84 Å². The Morgan fingerprint density at radius 3 is 2.60 bits per heavy atom. The van der Waals surface area contributed by atoms with E-state index in [9.17, 15) is 5.11 Å². The van der Waals surface area contributed by atoms with E-state index in [1.54, 1.807) is 19.5 Å². The topological polar surface area (TPSA) is 42.4 Å². The standard InChI is InChI=1S/C12H19NO2/c1-3-4-12(15-2)11(14)9-10-5-7-13-8-6-10/h5-8,11-12,14H,3-4,9H2,1-2H3. The summed E-state index contributed by atoms with van der Waals surface area (Å²) in [6, 6.07) is 3.84. The molecule has 0 bridgehead atoms. The van der Waals surface area contributed by atoms with Crippen LogP contribution in [0.25, 0.3) is 0 Å². The summed E-state index contributed by atoms with van der Waals surface area (Å²) in [6.45, 7) is 2.09. The molecule has 2 atom stereocenters. The van der Waals surface area contributed by atoms with Crippen LogP contribution in [-0.4, -0.2) is 29.4 Å². The number of hydrogen-bond donors (Lipinski definition) is 1. The number of hydrogen-bond acceptors (Lipinski definition) is 3. The van der Waals surface area contributed by atoms with Gasteiger partial charge in [0.25, 0.3) is 0 Å². The Balaban J connectivity index is 2.50. The molecule has 3 heteroatoms. The van der Waals surface area contributed by atoms with Crippen molar-refractivity contribution >= 4 is 0 Å². The van der Waals surface area contributed by atoms with Crippen LogP contribution in [0.5, 0.6) is 0 Å². The molecule has 0 aliphatic rings. The minimum atomic E-state index is -0.433. The van der Waals surface area contributed by atoms with E-state index in [0.29, 0.717) is 6.42 Å². The lowest BCUT2D eigenvalue weighted by molar-refractivity contribution is -0.0159. The molecule has 0 saturated heterocycles. The zero-order valence-electron chi connectivity index (χ0n) is 9.39. The van der Waals surface area contributed by atoms with Crippen molar-refractivity contribution in [3.05, 3.63) is 30.1 Å². The van der Waals surface area contributed by atoms with Gasteiger partial charge in [0.05, 0.1) is 12.2 Å². The molecule has 0 spiro atoms. The number of aliphatic hydroxyl groups excluding tert-OH is 1. The van der Waals surface area contributed by atoms with Gasteiger partial charge in [0, 0.05) is 25.9 Å². The fourth-order valence-electron chi connectivity index (χ4n) is 1.64. The highest BCUT2D eigenvalue weighted by Crippen LogP contribution is 2.11. The van der Waals surface area contributed by atoms with Crippen molar-refractivity contribution in [1.29, 1.82) is 0 Å². The van der Waals surface area contributed by atoms with Crippen LogP contribution in [0.3, 0.4) is 0 Å². The summed E-state index contributed by atoms with van der Waals surface area (Å²) < 4.78 is 5.26. The third-order valence-corrected chi connectivity index (χ3v) is 2.50. The molecule has 2 unspecified atom stereocenters. The van der Waals surface area contributed by atoms with Gasteiger partial charge in [0.15, 0.2) is 0 Å². The molecule has 1 aromatic rings. The molecular formula is C12H19NO2. The highest BCUT2D eigenvalue weighted by atomic mass is 16.5. The van der Waals surface area contributed by atoms with Crippen molar-refractivity contribution in [2.45, 2.75) is 38.4 Å². The molecule has 1 N–H and O–H groups in total. The van der Waals surface area contributed by atoms with E-state index >= 15 is 0 Å². The number of ether oxygens (including phenoxy) is 1. The maximum absolute atomic E-state index is 9.95. The fraction of sp³-hybridized carbons (Fsp3) is 0.583. The number of aromatic nitrogens is 1. The summed E-state index contributed by atoms with van der Waals surface area (Å²) in [6.07, 6.45) is 5.52. The minimum absolute atomic E-state index is 0.0665. The summed E-state index contributed by atoms with van der Waals surface area (Å²) >= 11 is 0. The monoisotopic (exact) mass is 209 g/mol. The Labute approximate surface area is 91.1 Å². The summed E-state index contributed by atoms with van der Waals surface area (Å²) in [7, 11) is 1.65. The number of rotatable bonds is 6. The Bertz CT molecular complexity index is 264. The predicted molar refractivity (Wildman–Crippen MR) is 59.7 cm³/mol. The van der Waals surface area contributed by atoms with Gasteiger partial charge < -0.3 is 9.84 Å². The minimum Gasteiger partial charge on any atom is -0.390 e. The quantitative estimate of drug-likeness (QED) is 0.776. The Morgan fingerprint density at radius 2 is 2.07 bits per heavy atom. The number of pyridine rings is 1. The molecular weight excluding hydrogens is 190 g/mol. The SMILES string of the molecule is CCCC(OC)C(O)Cc1ccncc1. The second kappa shape index (κ2) is 6.53. The van der Waals surface area contributed by atoms with Crippen LogP contribution >= 0.6 is 0 Å². The number of aliphatic hydroxyl groups is 1. The van der Waals surface area contributed by atoms with Gasteiger partial charge in [-0.25, -0.2) is 0 Å². The van der Waals surface area contributed by atoms with Crippen LogP contribution in [0.15, 0.2) is 24.5 Å². The van der Waals surface area contributed by atoms with Gasteiger partial charge in [-0.2, -0.15) is 0 Å². The molecule has 0 aliphatic heterocycles. The van der Waals surface area contributed by atoms with Gasteiger partial charge in [-0.3, -0.25) is 4.98 Å². The molecule has 84 valence electrons. The normalized spacial score (nSPS) is 14.9. The van der Waals surface area contributed by atoms with E-state index in [1.807, 2.05) is 12.1 Å². The first-order valence-electron chi connectivity index (χ1n) is 5.37. The van der Waals surface area contributed by atoms with E-state index in [0.717, 1.165) is 18.4 Å². The average Bonchev–Trinajstić information content (AvgIpc) is 2.27. The molecule has 0 amide bonds. The maximum Gasteiger partial charge on any atom is 0.0841 e. The number of nitrogens with zero attached hydrogens (tertiary/aromatic N) is 1. The summed E-state index contributed by atoms with van der Waals surface area (Å²) in [5, 5.41) is 9.95. The van der Waals surface area contributed by atoms with Gasteiger partial charge >= 0.3 is 0 Å². The van der Waals surface area contributed by atoms with Gasteiger partial charge in [-0.1, -0.05) is 13.3 Å². The Hall–Kier alpha value is -0.930. The molecule has 0 aromatic carbocycles.